The van der Waals surface area contributed by atoms with Crippen LogP contribution in [0.2, 0.25) is 10.2 Å². The van der Waals surface area contributed by atoms with Crippen LogP contribution in [0.5, 0.6) is 5.75 Å². The minimum absolute atomic E-state index is 0.00863. The second-order valence-electron chi connectivity index (χ2n) is 28.1. The first kappa shape index (κ1) is 67.5. The van der Waals surface area contributed by atoms with Crippen LogP contribution in [-0.2, 0) is 48.8 Å². The predicted molar refractivity (Wildman–Crippen MR) is 356 cm³/mol. The third-order valence-corrected chi connectivity index (χ3v) is 23.3. The zero-order chi connectivity index (χ0) is 67.8. The summed E-state index contributed by atoms with van der Waals surface area (Å²) < 4.78 is 74.9. The summed E-state index contributed by atoms with van der Waals surface area (Å²) in [6, 6.07) is 25.2. The fourth-order valence-electron chi connectivity index (χ4n) is 16.1. The minimum Gasteiger partial charge on any atom is -0.506 e. The molecule has 2 aromatic carbocycles. The third-order valence-electron chi connectivity index (χ3n) is 22.6. The molecule has 0 radical (unpaired) electrons. The lowest BCUT2D eigenvalue weighted by molar-refractivity contribution is -0.144. The molecule has 11 heterocycles. The highest BCUT2D eigenvalue weighted by Gasteiger charge is 2.51. The summed E-state index contributed by atoms with van der Waals surface area (Å²) in [5, 5.41) is 14.7. The zero-order valence-corrected chi connectivity index (χ0v) is 56.8. The van der Waals surface area contributed by atoms with Crippen molar-refractivity contribution in [3.63, 3.8) is 0 Å². The van der Waals surface area contributed by atoms with E-state index in [0.717, 1.165) is 124 Å². The number of amides is 3. The average molecular weight is 1360 g/mol. The lowest BCUT2D eigenvalue weighted by Crippen LogP contribution is -2.56. The highest BCUT2D eigenvalue weighted by atomic mass is 35.5. The third kappa shape index (κ3) is 12.3. The largest absolute Gasteiger partial charge is 0.506 e. The topological polar surface area (TPSA) is 153 Å². The SMILES string of the molecule is CCCCCc1ccc(C(=O)N2CCC3(CC2)c2ccc(Cl)n2CCN3C)cc1.CN1CCn2c(C(=O)C3(C)CC3)ccc2C12CCN(C(=O)c1ccc(O)c(Cl)c1)CC2.CN1CCn2c(C(F)(F)F)ccc2C12CCN(C(=O)c1cnn3c(C(F)F)cc(C4CC4)nc13)CC2. The molecular weight excluding hydrogens is 1280 g/mol. The van der Waals surface area contributed by atoms with Gasteiger partial charge in [0, 0.05) is 124 Å². The molecule has 24 heteroatoms. The number of phenols is 1. The van der Waals surface area contributed by atoms with E-state index in [4.69, 9.17) is 23.2 Å². The van der Waals surface area contributed by atoms with Gasteiger partial charge in [0.1, 0.15) is 27.9 Å². The summed E-state index contributed by atoms with van der Waals surface area (Å²) in [5.41, 5.74) is 5.54. The molecule has 7 aromatic rings. The molecule has 3 saturated heterocycles. The van der Waals surface area contributed by atoms with E-state index < -0.39 is 23.8 Å². The van der Waals surface area contributed by atoms with Crippen molar-refractivity contribution < 1.29 is 46.2 Å². The Morgan fingerprint density at radius 1 is 0.604 bits per heavy atom. The van der Waals surface area contributed by atoms with Crippen molar-refractivity contribution in [2.75, 3.05) is 80.0 Å². The number of likely N-dealkylation sites (N-methyl/N-ethyl adjacent to an activating group) is 3. The smallest absolute Gasteiger partial charge is 0.431 e. The number of benzene rings is 2. The van der Waals surface area contributed by atoms with Crippen molar-refractivity contribution in [1.82, 2.24) is 57.7 Å². The van der Waals surface area contributed by atoms with Crippen molar-refractivity contribution in [2.24, 2.45) is 5.41 Å². The Hall–Kier alpha value is -7.11. The van der Waals surface area contributed by atoms with Crippen LogP contribution in [0.4, 0.5) is 22.0 Å². The van der Waals surface area contributed by atoms with E-state index in [1.807, 2.05) is 41.1 Å². The molecule has 0 unspecified atom stereocenters. The average Bonchev–Trinajstić information content (AvgIpc) is 1.46. The Morgan fingerprint density at radius 3 is 1.66 bits per heavy atom. The first-order chi connectivity index (χ1) is 45.9. The number of hydrogen-bond donors (Lipinski definition) is 1. The van der Waals surface area contributed by atoms with Crippen LogP contribution in [-0.4, -0.2) is 166 Å². The van der Waals surface area contributed by atoms with Crippen molar-refractivity contribution in [3.05, 3.63) is 163 Å². The lowest BCUT2D eigenvalue weighted by atomic mass is 9.81. The fourth-order valence-corrected chi connectivity index (χ4v) is 16.5. The number of hydrogen-bond acceptors (Lipinski definition) is 10. The summed E-state index contributed by atoms with van der Waals surface area (Å²) in [4.78, 5) is 69.5. The molecule has 2 aliphatic carbocycles. The molecule has 8 aliphatic rings. The summed E-state index contributed by atoms with van der Waals surface area (Å²) >= 11 is 12.4. The molecule has 512 valence electrons. The van der Waals surface area contributed by atoms with Gasteiger partial charge >= 0.3 is 6.18 Å². The molecule has 5 fully saturated rings. The second kappa shape index (κ2) is 26.3. The van der Waals surface area contributed by atoms with Gasteiger partial charge in [-0.05, 0) is 177 Å². The van der Waals surface area contributed by atoms with Gasteiger partial charge in [-0.1, -0.05) is 62.0 Å². The monoisotopic (exact) mass is 1360 g/mol. The molecule has 5 aromatic heterocycles. The normalized spacial score (nSPS) is 20.4. The number of unbranched alkanes of at least 4 members (excludes halogenated alkanes) is 2. The molecule has 0 atom stereocenters. The maximum Gasteiger partial charge on any atom is 0.431 e. The molecule has 2 saturated carbocycles. The first-order valence-corrected chi connectivity index (χ1v) is 34.8. The Balaban J connectivity index is 0.000000131. The van der Waals surface area contributed by atoms with E-state index in [1.54, 1.807) is 17.0 Å². The van der Waals surface area contributed by atoms with Gasteiger partial charge in [0.05, 0.1) is 33.5 Å². The number of rotatable bonds is 11. The van der Waals surface area contributed by atoms with Crippen LogP contribution in [0, 0.1) is 5.41 Å². The van der Waals surface area contributed by atoms with E-state index >= 15 is 0 Å². The Bertz CT molecular complexity index is 4070. The Morgan fingerprint density at radius 2 is 1.11 bits per heavy atom. The Kier molecular flexibility index (Phi) is 18.5. The number of piperidine rings is 3. The molecule has 0 bridgehead atoms. The molecule has 3 amide bonds. The number of carbonyl (C=O) groups excluding carboxylic acids is 4. The summed E-state index contributed by atoms with van der Waals surface area (Å²) in [7, 11) is 6.26. The van der Waals surface area contributed by atoms with Gasteiger partial charge in [0.2, 0.25) is 0 Å². The van der Waals surface area contributed by atoms with Crippen molar-refractivity contribution >= 4 is 52.4 Å². The van der Waals surface area contributed by atoms with Crippen LogP contribution >= 0.6 is 23.2 Å². The van der Waals surface area contributed by atoms with Crippen molar-refractivity contribution in [3.8, 4) is 5.75 Å². The summed E-state index contributed by atoms with van der Waals surface area (Å²) in [5.74, 6) is 0.112. The molecule has 1 N–H and O–H groups in total. The van der Waals surface area contributed by atoms with Crippen LogP contribution in [0.1, 0.15) is 191 Å². The Labute approximate surface area is 566 Å². The van der Waals surface area contributed by atoms with Crippen molar-refractivity contribution in [2.45, 2.75) is 159 Å². The van der Waals surface area contributed by atoms with Gasteiger partial charge in [-0.25, -0.2) is 18.3 Å². The van der Waals surface area contributed by atoms with Crippen LogP contribution in [0.3, 0.4) is 0 Å². The molecule has 15 rings (SSSR count). The number of phenolic OH excluding ortho intramolecular Hbond substituents is 1. The maximum atomic E-state index is 13.7. The lowest BCUT2D eigenvalue weighted by Gasteiger charge is -2.50. The van der Waals surface area contributed by atoms with E-state index in [2.05, 4.69) is 86.1 Å². The van der Waals surface area contributed by atoms with E-state index in [9.17, 15) is 46.2 Å². The number of alkyl halides is 5. The van der Waals surface area contributed by atoms with E-state index in [1.165, 1.54) is 65.2 Å². The zero-order valence-electron chi connectivity index (χ0n) is 55.3. The predicted octanol–water partition coefficient (Wildman–Crippen LogP) is 13.3. The number of aryl methyl sites for hydroxylation is 1. The van der Waals surface area contributed by atoms with Crippen LogP contribution in [0.25, 0.3) is 5.65 Å². The van der Waals surface area contributed by atoms with Crippen LogP contribution < -0.4 is 0 Å². The minimum atomic E-state index is -4.43. The van der Waals surface area contributed by atoms with Gasteiger partial charge in [0.25, 0.3) is 24.1 Å². The van der Waals surface area contributed by atoms with E-state index in [0.29, 0.717) is 62.5 Å². The summed E-state index contributed by atoms with van der Waals surface area (Å²) in [6.07, 6.45) is 7.07. The van der Waals surface area contributed by atoms with Gasteiger partial charge in [-0.3, -0.25) is 33.9 Å². The fraction of sp³-hybridized carbons (Fsp3) is 0.528. The van der Waals surface area contributed by atoms with Gasteiger partial charge in [0.15, 0.2) is 11.4 Å². The number of likely N-dealkylation sites (tertiary alicyclic amines) is 3. The second-order valence-corrected chi connectivity index (χ2v) is 28.9. The number of nitrogens with zero attached hydrogens (tertiary/aromatic N) is 12. The number of fused-ring (bicyclic) bond motifs is 7. The van der Waals surface area contributed by atoms with E-state index in [-0.39, 0.29) is 80.1 Å². The number of aromatic nitrogens is 6. The number of Topliss-reactive ketones (excluding diaryl/α,β-unsaturated/α-hetero) is 1. The molecule has 3 spiro atoms. The summed E-state index contributed by atoms with van der Waals surface area (Å²) in [6.45, 7) is 12.1. The van der Waals surface area contributed by atoms with Gasteiger partial charge in [-0.2, -0.15) is 18.3 Å². The van der Waals surface area contributed by atoms with Gasteiger partial charge < -0.3 is 33.5 Å². The molecule has 96 heavy (non-hydrogen) atoms. The van der Waals surface area contributed by atoms with Crippen LogP contribution in [0.15, 0.2) is 91.1 Å². The first-order valence-electron chi connectivity index (χ1n) is 34.0. The highest BCUT2D eigenvalue weighted by molar-refractivity contribution is 6.32. The maximum absolute atomic E-state index is 13.7. The number of ketones is 1. The molecule has 17 nitrogen and oxygen atoms in total. The highest BCUT2D eigenvalue weighted by Crippen LogP contribution is 2.50. The number of aromatic hydroxyl groups is 1. The standard InChI is InChI=1S/C24H28ClN3O3.C24H32ClN3O.C24H25F5N6O/c1-23(7-8-23)21(30)18-4-6-20-24(26(2)13-14-28(18)20)9-11-27(12-10-24)22(31)16-3-5-19(29)17(25)15-16;1-3-4-5-6-19-7-9-20(10-8-19)23(29)27-15-13-24(14-16-27)21-11-12-22(25)28(21)18-17-26(24)2;1-32-10-11-34-18(4-5-19(34)24(27,28)29)23(32)6-8-33(9-7-23)22(36)15-13-30-35-17(20(25)26)12-16(14-2-3-14)31-21(15)35/h3-6,15,29H,7-14H2,1-2H3;7-12H,3-6,13-18H2,1-2H3;4-5,12-14,20H,2-3,6-11H2,1H3. The quantitative estimate of drug-likeness (QED) is 0.0752. The molecular formula is C72H85Cl2F5N12O5. The van der Waals surface area contributed by atoms with Crippen molar-refractivity contribution in [1.29, 1.82) is 0 Å². The molecule has 6 aliphatic heterocycles. The van der Waals surface area contributed by atoms with Gasteiger partial charge in [-0.15, -0.1) is 0 Å². The number of carbonyl (C=O) groups is 4. The number of halogens is 7.